The third-order valence-corrected chi connectivity index (χ3v) is 1.68. The van der Waals surface area contributed by atoms with Crippen molar-refractivity contribution in [3.8, 4) is 0 Å². The van der Waals surface area contributed by atoms with E-state index in [0.29, 0.717) is 13.0 Å². The molecule has 1 aliphatic heterocycles. The molecular weight excluding hydrogens is 167 g/mol. The zero-order valence-corrected chi connectivity index (χ0v) is 7.54. The first kappa shape index (κ1) is 11.8. The molecule has 0 saturated carbocycles. The van der Waals surface area contributed by atoms with Gasteiger partial charge >= 0.3 is 6.18 Å². The molecule has 0 radical (unpaired) electrons. The first-order chi connectivity index (χ1) is 5.58. The Hall–Kier alpha value is -0.250. The van der Waals surface area contributed by atoms with Crippen LogP contribution < -0.4 is 5.32 Å². The van der Waals surface area contributed by atoms with E-state index in [-0.39, 0.29) is 5.92 Å². The summed E-state index contributed by atoms with van der Waals surface area (Å²) in [5, 5.41) is 2.89. The molecule has 0 spiro atoms. The zero-order valence-electron chi connectivity index (χ0n) is 7.54. The van der Waals surface area contributed by atoms with Crippen LogP contribution in [0.4, 0.5) is 13.2 Å². The predicted molar refractivity (Wildman–Crippen MR) is 43.0 cm³/mol. The van der Waals surface area contributed by atoms with Gasteiger partial charge in [-0.05, 0) is 25.4 Å². The topological polar surface area (TPSA) is 12.0 Å². The van der Waals surface area contributed by atoms with Gasteiger partial charge in [0.1, 0.15) is 0 Å². The number of hydrogen-bond donors (Lipinski definition) is 1. The lowest BCUT2D eigenvalue weighted by Gasteiger charge is -2.10. The minimum atomic E-state index is -3.98. The largest absolute Gasteiger partial charge is 0.389 e. The van der Waals surface area contributed by atoms with Crippen molar-refractivity contribution in [3.63, 3.8) is 0 Å². The molecule has 74 valence electrons. The van der Waals surface area contributed by atoms with E-state index in [1.807, 2.05) is 13.8 Å². The smallest absolute Gasteiger partial charge is 0.316 e. The first-order valence-electron chi connectivity index (χ1n) is 4.35. The lowest BCUT2D eigenvalue weighted by molar-refractivity contribution is -0.143. The highest BCUT2D eigenvalue weighted by atomic mass is 19.4. The number of hydrogen-bond acceptors (Lipinski definition) is 1. The molecule has 1 nitrogen and oxygen atoms in total. The quantitative estimate of drug-likeness (QED) is 0.658. The fourth-order valence-electron chi connectivity index (χ4n) is 1.22. The van der Waals surface area contributed by atoms with E-state index in [1.54, 1.807) is 0 Å². The third kappa shape index (κ3) is 5.41. The van der Waals surface area contributed by atoms with E-state index in [2.05, 4.69) is 5.32 Å². The van der Waals surface area contributed by atoms with Crippen molar-refractivity contribution in [2.24, 2.45) is 5.92 Å². The summed E-state index contributed by atoms with van der Waals surface area (Å²) in [6.45, 7) is 5.26. The highest BCUT2D eigenvalue weighted by Gasteiger charge is 2.32. The molecule has 0 aromatic carbocycles. The van der Waals surface area contributed by atoms with E-state index in [1.165, 1.54) is 0 Å². The maximum Gasteiger partial charge on any atom is 0.389 e. The van der Waals surface area contributed by atoms with Crippen LogP contribution in [-0.2, 0) is 0 Å². The summed E-state index contributed by atoms with van der Waals surface area (Å²) in [5.41, 5.74) is 0. The van der Waals surface area contributed by atoms with Crippen molar-refractivity contribution in [2.45, 2.75) is 32.9 Å². The lowest BCUT2D eigenvalue weighted by Crippen LogP contribution is -2.17. The molecule has 4 heteroatoms. The summed E-state index contributed by atoms with van der Waals surface area (Å²) in [6.07, 6.45) is -3.93. The van der Waals surface area contributed by atoms with Crippen LogP contribution in [0.25, 0.3) is 0 Å². The van der Waals surface area contributed by atoms with Crippen LogP contribution in [0.5, 0.6) is 0 Å². The molecule has 1 rings (SSSR count). The Labute approximate surface area is 71.3 Å². The minimum absolute atomic E-state index is 0.181. The van der Waals surface area contributed by atoms with Gasteiger partial charge in [-0.25, -0.2) is 0 Å². The Kier molecular flexibility index (Phi) is 5.29. The number of halogens is 3. The molecule has 1 heterocycles. The Morgan fingerprint density at radius 1 is 1.33 bits per heavy atom. The van der Waals surface area contributed by atoms with Crippen molar-refractivity contribution in [1.29, 1.82) is 0 Å². The van der Waals surface area contributed by atoms with Crippen LogP contribution in [0.3, 0.4) is 0 Å². The minimum Gasteiger partial charge on any atom is -0.316 e. The average Bonchev–Trinajstić information content (AvgIpc) is 2.41. The highest BCUT2D eigenvalue weighted by molar-refractivity contribution is 4.73. The van der Waals surface area contributed by atoms with E-state index < -0.39 is 12.6 Å². The van der Waals surface area contributed by atoms with Crippen molar-refractivity contribution in [3.05, 3.63) is 0 Å². The molecule has 1 saturated heterocycles. The van der Waals surface area contributed by atoms with Gasteiger partial charge in [-0.3, -0.25) is 0 Å². The molecule has 0 aromatic rings. The molecule has 1 atom stereocenters. The van der Waals surface area contributed by atoms with Crippen LogP contribution in [0.2, 0.25) is 0 Å². The monoisotopic (exact) mass is 183 g/mol. The maximum absolute atomic E-state index is 11.7. The summed E-state index contributed by atoms with van der Waals surface area (Å²) in [4.78, 5) is 0. The Balaban J connectivity index is 0.000000561. The van der Waals surface area contributed by atoms with Gasteiger partial charge in [-0.1, -0.05) is 13.8 Å². The molecule has 0 aliphatic carbocycles. The van der Waals surface area contributed by atoms with Crippen LogP contribution in [0.1, 0.15) is 26.7 Å². The van der Waals surface area contributed by atoms with Crippen molar-refractivity contribution < 1.29 is 13.2 Å². The molecule has 0 bridgehead atoms. The molecule has 1 unspecified atom stereocenters. The Morgan fingerprint density at radius 2 is 1.92 bits per heavy atom. The number of alkyl halides is 3. The SMILES string of the molecule is CC.FC(F)(F)CC1CCNC1. The van der Waals surface area contributed by atoms with Crippen LogP contribution in [-0.4, -0.2) is 19.3 Å². The van der Waals surface area contributed by atoms with Crippen molar-refractivity contribution in [1.82, 2.24) is 5.32 Å². The fourth-order valence-corrected chi connectivity index (χ4v) is 1.22. The van der Waals surface area contributed by atoms with Gasteiger partial charge in [-0.15, -0.1) is 0 Å². The van der Waals surface area contributed by atoms with Gasteiger partial charge in [-0.2, -0.15) is 13.2 Å². The number of rotatable bonds is 1. The summed E-state index contributed by atoms with van der Waals surface area (Å²) in [6, 6.07) is 0. The van der Waals surface area contributed by atoms with Crippen LogP contribution >= 0.6 is 0 Å². The molecule has 0 amide bonds. The third-order valence-electron chi connectivity index (χ3n) is 1.68. The fraction of sp³-hybridized carbons (Fsp3) is 1.00. The second kappa shape index (κ2) is 5.41. The van der Waals surface area contributed by atoms with Crippen LogP contribution in [0.15, 0.2) is 0 Å². The number of nitrogens with one attached hydrogen (secondary N) is 1. The Bertz CT molecular complexity index is 105. The van der Waals surface area contributed by atoms with Gasteiger partial charge in [0.15, 0.2) is 0 Å². The molecule has 12 heavy (non-hydrogen) atoms. The van der Waals surface area contributed by atoms with E-state index >= 15 is 0 Å². The Morgan fingerprint density at radius 3 is 2.25 bits per heavy atom. The first-order valence-corrected chi connectivity index (χ1v) is 4.35. The summed E-state index contributed by atoms with van der Waals surface area (Å²) >= 11 is 0. The lowest BCUT2D eigenvalue weighted by atomic mass is 10.1. The zero-order chi connectivity index (χ0) is 9.61. The van der Waals surface area contributed by atoms with Gasteiger partial charge in [0.2, 0.25) is 0 Å². The van der Waals surface area contributed by atoms with Gasteiger partial charge in [0, 0.05) is 6.42 Å². The molecule has 1 fully saturated rings. The molecule has 1 aliphatic rings. The summed E-state index contributed by atoms with van der Waals surface area (Å²) in [5.74, 6) is -0.181. The predicted octanol–water partition coefficient (Wildman–Crippen LogP) is 2.57. The average molecular weight is 183 g/mol. The highest BCUT2D eigenvalue weighted by Crippen LogP contribution is 2.27. The molecule has 0 aromatic heterocycles. The summed E-state index contributed by atoms with van der Waals surface area (Å²) in [7, 11) is 0. The summed E-state index contributed by atoms with van der Waals surface area (Å²) < 4.78 is 35.0. The van der Waals surface area contributed by atoms with Gasteiger partial charge in [0.25, 0.3) is 0 Å². The second-order valence-corrected chi connectivity index (χ2v) is 2.68. The molecule has 1 N–H and O–H groups in total. The van der Waals surface area contributed by atoms with E-state index in [9.17, 15) is 13.2 Å². The molecular formula is C8H16F3N. The maximum atomic E-state index is 11.7. The van der Waals surface area contributed by atoms with Crippen LogP contribution in [0, 0.1) is 5.92 Å². The standard InChI is InChI=1S/C6H10F3N.C2H6/c7-6(8,9)3-5-1-2-10-4-5;1-2/h5,10H,1-4H2;1-2H3. The normalized spacial score (nSPS) is 23.2. The van der Waals surface area contributed by atoms with Gasteiger partial charge in [0.05, 0.1) is 0 Å². The van der Waals surface area contributed by atoms with E-state index in [0.717, 1.165) is 6.54 Å². The van der Waals surface area contributed by atoms with E-state index in [4.69, 9.17) is 0 Å². The second-order valence-electron chi connectivity index (χ2n) is 2.68. The van der Waals surface area contributed by atoms with Crippen molar-refractivity contribution >= 4 is 0 Å². The van der Waals surface area contributed by atoms with Crippen molar-refractivity contribution in [2.75, 3.05) is 13.1 Å². The van der Waals surface area contributed by atoms with Gasteiger partial charge < -0.3 is 5.32 Å².